The van der Waals surface area contributed by atoms with Crippen LogP contribution in [0.1, 0.15) is 32.1 Å². The topological polar surface area (TPSA) is 95.4 Å². The van der Waals surface area contributed by atoms with Crippen molar-refractivity contribution < 1.29 is 14.7 Å². The molecule has 2 aromatic rings. The summed E-state index contributed by atoms with van der Waals surface area (Å²) >= 11 is 0. The van der Waals surface area contributed by atoms with Crippen molar-refractivity contribution in [3.8, 4) is 0 Å². The highest BCUT2D eigenvalue weighted by atomic mass is 16.4. The van der Waals surface area contributed by atoms with Gasteiger partial charge < -0.3 is 15.3 Å². The number of carboxylic acid groups (broad SMARTS) is 1. The molecule has 7 heteroatoms. The highest BCUT2D eigenvalue weighted by molar-refractivity contribution is 6.03. The van der Waals surface area contributed by atoms with Crippen LogP contribution in [0.4, 0.5) is 11.4 Å². The third-order valence-corrected chi connectivity index (χ3v) is 3.38. The first-order chi connectivity index (χ1) is 10.8. The van der Waals surface area contributed by atoms with Gasteiger partial charge in [-0.2, -0.15) is 0 Å². The molecule has 0 aliphatic rings. The number of anilines is 2. The van der Waals surface area contributed by atoms with Gasteiger partial charge in [0.2, 0.25) is 0 Å². The van der Waals surface area contributed by atoms with Crippen LogP contribution in [0.25, 0.3) is 0 Å². The van der Waals surface area contributed by atoms with Crippen molar-refractivity contribution in [3.63, 3.8) is 0 Å². The molecule has 0 unspecified atom stereocenters. The van der Waals surface area contributed by atoms with Crippen LogP contribution in [-0.2, 0) is 0 Å². The number of nitrogens with zero attached hydrogens (tertiary/aromatic N) is 3. The Morgan fingerprint density at radius 2 is 1.57 bits per heavy atom. The SMILES string of the molecule is Cc1cc(N(C)C)cc(C)c1NC(=O)c1cnc(C(=O)O)cn1. The van der Waals surface area contributed by atoms with Crippen molar-refractivity contribution in [1.82, 2.24) is 9.97 Å². The molecule has 0 atom stereocenters. The lowest BCUT2D eigenvalue weighted by molar-refractivity contribution is 0.0689. The normalized spacial score (nSPS) is 10.3. The molecule has 1 heterocycles. The van der Waals surface area contributed by atoms with E-state index < -0.39 is 11.9 Å². The van der Waals surface area contributed by atoms with E-state index in [-0.39, 0.29) is 11.4 Å². The van der Waals surface area contributed by atoms with E-state index >= 15 is 0 Å². The van der Waals surface area contributed by atoms with E-state index in [1.165, 1.54) is 0 Å². The fourth-order valence-corrected chi connectivity index (χ4v) is 2.13. The van der Waals surface area contributed by atoms with E-state index in [0.29, 0.717) is 5.69 Å². The summed E-state index contributed by atoms with van der Waals surface area (Å²) < 4.78 is 0. The fourth-order valence-electron chi connectivity index (χ4n) is 2.13. The first kappa shape index (κ1) is 16.4. The van der Waals surface area contributed by atoms with Crippen molar-refractivity contribution in [2.45, 2.75) is 13.8 Å². The molecule has 0 saturated carbocycles. The average molecular weight is 314 g/mol. The number of aryl methyl sites for hydroxylation is 2. The molecule has 0 fully saturated rings. The number of benzene rings is 1. The van der Waals surface area contributed by atoms with Crippen molar-refractivity contribution in [2.75, 3.05) is 24.3 Å². The maximum atomic E-state index is 12.2. The van der Waals surface area contributed by atoms with Gasteiger partial charge in [0.15, 0.2) is 5.69 Å². The third kappa shape index (κ3) is 3.63. The molecule has 0 radical (unpaired) electrons. The zero-order chi connectivity index (χ0) is 17.1. The number of hydrogen-bond donors (Lipinski definition) is 2. The van der Waals surface area contributed by atoms with Crippen LogP contribution in [0.15, 0.2) is 24.5 Å². The van der Waals surface area contributed by atoms with Gasteiger partial charge in [0, 0.05) is 25.5 Å². The van der Waals surface area contributed by atoms with E-state index in [0.717, 1.165) is 29.2 Å². The van der Waals surface area contributed by atoms with Crippen LogP contribution in [0, 0.1) is 13.8 Å². The molecule has 23 heavy (non-hydrogen) atoms. The van der Waals surface area contributed by atoms with Crippen molar-refractivity contribution in [2.24, 2.45) is 0 Å². The van der Waals surface area contributed by atoms with Crippen LogP contribution in [0.2, 0.25) is 0 Å². The number of hydrogen-bond acceptors (Lipinski definition) is 5. The molecule has 120 valence electrons. The molecule has 2 N–H and O–H groups in total. The van der Waals surface area contributed by atoms with E-state index in [1.54, 1.807) is 0 Å². The Balaban J connectivity index is 2.25. The number of aromatic carboxylic acids is 1. The molecule has 1 amide bonds. The van der Waals surface area contributed by atoms with Gasteiger partial charge in [-0.3, -0.25) is 4.79 Å². The summed E-state index contributed by atoms with van der Waals surface area (Å²) in [6, 6.07) is 3.95. The summed E-state index contributed by atoms with van der Waals surface area (Å²) in [5, 5.41) is 11.6. The van der Waals surface area contributed by atoms with Gasteiger partial charge in [0.05, 0.1) is 12.4 Å². The summed E-state index contributed by atoms with van der Waals surface area (Å²) in [6.45, 7) is 3.82. The number of aromatic nitrogens is 2. The summed E-state index contributed by atoms with van der Waals surface area (Å²) in [5.74, 6) is -1.62. The maximum Gasteiger partial charge on any atom is 0.356 e. The fraction of sp³-hybridized carbons (Fsp3) is 0.250. The van der Waals surface area contributed by atoms with Crippen molar-refractivity contribution >= 4 is 23.3 Å². The zero-order valence-electron chi connectivity index (χ0n) is 13.4. The summed E-state index contributed by atoms with van der Waals surface area (Å²) in [4.78, 5) is 32.5. The van der Waals surface area contributed by atoms with E-state index in [9.17, 15) is 9.59 Å². The smallest absolute Gasteiger partial charge is 0.356 e. The second kappa shape index (κ2) is 6.43. The Morgan fingerprint density at radius 1 is 1.04 bits per heavy atom. The standard InChI is InChI=1S/C16H18N4O3/c1-9-5-11(20(3)4)6-10(2)14(9)19-15(21)12-7-18-13(8-17-12)16(22)23/h5-8H,1-4H3,(H,19,21)(H,22,23). The van der Waals surface area contributed by atoms with Crippen LogP contribution >= 0.6 is 0 Å². The zero-order valence-corrected chi connectivity index (χ0v) is 13.4. The predicted octanol–water partition coefficient (Wildman–Crippen LogP) is 2.11. The first-order valence-corrected chi connectivity index (χ1v) is 6.95. The van der Waals surface area contributed by atoms with Gasteiger partial charge in [-0.25, -0.2) is 14.8 Å². The van der Waals surface area contributed by atoms with E-state index in [2.05, 4.69) is 15.3 Å². The van der Waals surface area contributed by atoms with E-state index in [1.807, 2.05) is 45.0 Å². The lowest BCUT2D eigenvalue weighted by Crippen LogP contribution is -2.17. The number of carbonyl (C=O) groups excluding carboxylic acids is 1. The second-order valence-corrected chi connectivity index (χ2v) is 5.40. The largest absolute Gasteiger partial charge is 0.476 e. The minimum absolute atomic E-state index is 0.0606. The van der Waals surface area contributed by atoms with Crippen molar-refractivity contribution in [1.29, 1.82) is 0 Å². The van der Waals surface area contributed by atoms with Crippen LogP contribution in [-0.4, -0.2) is 41.0 Å². The highest BCUT2D eigenvalue weighted by Crippen LogP contribution is 2.26. The molecule has 2 rings (SSSR count). The average Bonchev–Trinajstić information content (AvgIpc) is 2.50. The molecule has 0 spiro atoms. The lowest BCUT2D eigenvalue weighted by Gasteiger charge is -2.18. The summed E-state index contributed by atoms with van der Waals surface area (Å²) in [6.07, 6.45) is 2.21. The van der Waals surface area contributed by atoms with Gasteiger partial charge in [-0.15, -0.1) is 0 Å². The lowest BCUT2D eigenvalue weighted by atomic mass is 10.1. The third-order valence-electron chi connectivity index (χ3n) is 3.38. The molecule has 0 bridgehead atoms. The molecule has 1 aromatic heterocycles. The number of rotatable bonds is 4. The van der Waals surface area contributed by atoms with Crippen LogP contribution in [0.5, 0.6) is 0 Å². The number of carboxylic acids is 1. The van der Waals surface area contributed by atoms with Gasteiger partial charge in [-0.05, 0) is 37.1 Å². The Bertz CT molecular complexity index is 731. The molecule has 0 aliphatic heterocycles. The van der Waals surface area contributed by atoms with Gasteiger partial charge in [0.1, 0.15) is 5.69 Å². The number of carbonyl (C=O) groups is 2. The van der Waals surface area contributed by atoms with E-state index in [4.69, 9.17) is 5.11 Å². The highest BCUT2D eigenvalue weighted by Gasteiger charge is 2.14. The minimum Gasteiger partial charge on any atom is -0.476 e. The maximum absolute atomic E-state index is 12.2. The second-order valence-electron chi connectivity index (χ2n) is 5.40. The Morgan fingerprint density at radius 3 is 2.00 bits per heavy atom. The monoisotopic (exact) mass is 314 g/mol. The Hall–Kier alpha value is -2.96. The minimum atomic E-state index is -1.18. The van der Waals surface area contributed by atoms with Gasteiger partial charge in [-0.1, -0.05) is 0 Å². The molecular formula is C16H18N4O3. The number of nitrogens with one attached hydrogen (secondary N) is 1. The number of amides is 1. The van der Waals surface area contributed by atoms with Gasteiger partial charge in [0.25, 0.3) is 5.91 Å². The molecule has 7 nitrogen and oxygen atoms in total. The Kier molecular flexibility index (Phi) is 4.59. The Labute approximate surface area is 134 Å². The predicted molar refractivity (Wildman–Crippen MR) is 87.2 cm³/mol. The molecule has 1 aromatic carbocycles. The van der Waals surface area contributed by atoms with Crippen LogP contribution < -0.4 is 10.2 Å². The summed E-state index contributed by atoms with van der Waals surface area (Å²) in [7, 11) is 3.90. The van der Waals surface area contributed by atoms with Crippen molar-refractivity contribution in [3.05, 3.63) is 47.0 Å². The van der Waals surface area contributed by atoms with Gasteiger partial charge >= 0.3 is 5.97 Å². The summed E-state index contributed by atoms with van der Waals surface area (Å²) in [5.41, 5.74) is 3.47. The first-order valence-electron chi connectivity index (χ1n) is 6.95. The quantitative estimate of drug-likeness (QED) is 0.897. The molecule has 0 saturated heterocycles. The molecular weight excluding hydrogens is 296 g/mol. The molecule has 0 aliphatic carbocycles. The van der Waals surface area contributed by atoms with Crippen LogP contribution in [0.3, 0.4) is 0 Å².